The number of carbonyl (C=O) groups is 1. The number of halogens is 1. The fraction of sp³-hybridized carbons (Fsp3) is 0.333. The summed E-state index contributed by atoms with van der Waals surface area (Å²) in [5, 5.41) is 9.37. The van der Waals surface area contributed by atoms with Gasteiger partial charge in [-0.15, -0.1) is 5.10 Å². The van der Waals surface area contributed by atoms with E-state index < -0.39 is 0 Å². The van der Waals surface area contributed by atoms with Crippen LogP contribution in [-0.2, 0) is 17.8 Å². The van der Waals surface area contributed by atoms with Crippen LogP contribution in [0.3, 0.4) is 0 Å². The third kappa shape index (κ3) is 7.27. The highest BCUT2D eigenvalue weighted by Crippen LogP contribution is 2.29. The Balaban J connectivity index is 1.52. The van der Waals surface area contributed by atoms with E-state index in [9.17, 15) is 4.79 Å². The first-order chi connectivity index (χ1) is 18.5. The molecule has 1 amide bonds. The highest BCUT2D eigenvalue weighted by atomic mass is 35.5. The number of methoxy groups -OCH3 is 1. The standard InChI is InChI=1S/C30H35ClN4O3/c1-4-34(5-2)17-6-18-38-30-27-20-25(32-29(36)19-22-9-14-26(37-3)15-10-22)13-16-28(27)35(33-30)21-23-7-11-24(31)12-8-23/h7-16,20H,4-6,17-19,21H2,1-3H3,(H,32,36). The van der Waals surface area contributed by atoms with Crippen LogP contribution >= 0.6 is 11.6 Å². The molecule has 38 heavy (non-hydrogen) atoms. The van der Waals surface area contributed by atoms with Crippen LogP contribution in [0.5, 0.6) is 11.6 Å². The van der Waals surface area contributed by atoms with Gasteiger partial charge in [0.15, 0.2) is 0 Å². The van der Waals surface area contributed by atoms with Crippen molar-refractivity contribution in [2.45, 2.75) is 33.2 Å². The number of nitrogens with zero attached hydrogens (tertiary/aromatic N) is 3. The number of amides is 1. The molecule has 0 aliphatic heterocycles. The van der Waals surface area contributed by atoms with Crippen molar-refractivity contribution in [3.8, 4) is 11.6 Å². The summed E-state index contributed by atoms with van der Waals surface area (Å²) in [6.07, 6.45) is 1.18. The van der Waals surface area contributed by atoms with E-state index in [-0.39, 0.29) is 12.3 Å². The molecule has 0 saturated heterocycles. The van der Waals surface area contributed by atoms with Gasteiger partial charge in [-0.25, -0.2) is 0 Å². The minimum atomic E-state index is -0.0928. The molecule has 0 spiro atoms. The second kappa shape index (κ2) is 13.3. The van der Waals surface area contributed by atoms with Crippen molar-refractivity contribution in [3.63, 3.8) is 0 Å². The molecule has 0 atom stereocenters. The number of hydrogen-bond donors (Lipinski definition) is 1. The molecule has 3 aromatic carbocycles. The van der Waals surface area contributed by atoms with Crippen molar-refractivity contribution in [3.05, 3.63) is 82.9 Å². The second-order valence-electron chi connectivity index (χ2n) is 9.12. The molecule has 0 radical (unpaired) electrons. The Morgan fingerprint density at radius 2 is 1.71 bits per heavy atom. The van der Waals surface area contributed by atoms with Gasteiger partial charge in [0.05, 0.1) is 37.6 Å². The van der Waals surface area contributed by atoms with Crippen molar-refractivity contribution in [2.24, 2.45) is 0 Å². The van der Waals surface area contributed by atoms with Crippen LogP contribution < -0.4 is 14.8 Å². The molecule has 0 fully saturated rings. The number of ether oxygens (including phenoxy) is 2. The normalized spacial score (nSPS) is 11.2. The Morgan fingerprint density at radius 1 is 1.00 bits per heavy atom. The van der Waals surface area contributed by atoms with E-state index in [0.717, 1.165) is 53.8 Å². The van der Waals surface area contributed by atoms with E-state index in [1.165, 1.54) is 0 Å². The zero-order valence-electron chi connectivity index (χ0n) is 22.2. The molecule has 0 aliphatic rings. The van der Waals surface area contributed by atoms with Gasteiger partial charge in [0.25, 0.3) is 0 Å². The maximum absolute atomic E-state index is 12.8. The minimum absolute atomic E-state index is 0.0928. The molecule has 0 unspecified atom stereocenters. The van der Waals surface area contributed by atoms with E-state index in [0.29, 0.717) is 29.7 Å². The molecule has 0 aliphatic carbocycles. The monoisotopic (exact) mass is 534 g/mol. The molecular weight excluding hydrogens is 500 g/mol. The first-order valence-corrected chi connectivity index (χ1v) is 13.4. The van der Waals surface area contributed by atoms with Crippen molar-refractivity contribution < 1.29 is 14.3 Å². The first kappa shape index (κ1) is 27.5. The van der Waals surface area contributed by atoms with Crippen molar-refractivity contribution >= 4 is 34.1 Å². The predicted molar refractivity (Wildman–Crippen MR) is 154 cm³/mol. The summed E-state index contributed by atoms with van der Waals surface area (Å²) in [6, 6.07) is 21.1. The number of aromatic nitrogens is 2. The molecule has 1 heterocycles. The fourth-order valence-electron chi connectivity index (χ4n) is 4.35. The molecule has 1 N–H and O–H groups in total. The minimum Gasteiger partial charge on any atom is -0.497 e. The number of anilines is 1. The van der Waals surface area contributed by atoms with Crippen LogP contribution in [-0.4, -0.2) is 53.9 Å². The predicted octanol–water partition coefficient (Wildman–Crippen LogP) is 6.04. The van der Waals surface area contributed by atoms with Gasteiger partial charge in [0.1, 0.15) is 5.75 Å². The Morgan fingerprint density at radius 3 is 2.39 bits per heavy atom. The zero-order chi connectivity index (χ0) is 26.9. The number of rotatable bonds is 13. The largest absolute Gasteiger partial charge is 0.497 e. The smallest absolute Gasteiger partial charge is 0.240 e. The second-order valence-corrected chi connectivity index (χ2v) is 9.56. The summed E-state index contributed by atoms with van der Waals surface area (Å²) in [5.74, 6) is 1.24. The number of benzene rings is 3. The van der Waals surface area contributed by atoms with Crippen LogP contribution in [0.25, 0.3) is 10.9 Å². The van der Waals surface area contributed by atoms with E-state index in [1.54, 1.807) is 7.11 Å². The van der Waals surface area contributed by atoms with E-state index in [4.69, 9.17) is 26.2 Å². The van der Waals surface area contributed by atoms with Crippen molar-refractivity contribution in [1.29, 1.82) is 0 Å². The lowest BCUT2D eigenvalue weighted by Gasteiger charge is -2.17. The lowest BCUT2D eigenvalue weighted by atomic mass is 10.1. The Hall–Kier alpha value is -3.55. The summed E-state index contributed by atoms with van der Waals surface area (Å²) in [7, 11) is 1.62. The summed E-state index contributed by atoms with van der Waals surface area (Å²) >= 11 is 6.07. The summed E-state index contributed by atoms with van der Waals surface area (Å²) < 4.78 is 13.3. The molecule has 8 heteroatoms. The number of fused-ring (bicyclic) bond motifs is 1. The van der Waals surface area contributed by atoms with Gasteiger partial charge in [-0.2, -0.15) is 0 Å². The van der Waals surface area contributed by atoms with E-state index in [2.05, 4.69) is 24.1 Å². The fourth-order valence-corrected chi connectivity index (χ4v) is 4.47. The lowest BCUT2D eigenvalue weighted by Crippen LogP contribution is -2.25. The molecule has 0 bridgehead atoms. The van der Waals surface area contributed by atoms with Gasteiger partial charge in [-0.05, 0) is 73.1 Å². The van der Waals surface area contributed by atoms with Gasteiger partial charge >= 0.3 is 0 Å². The third-order valence-corrected chi connectivity index (χ3v) is 6.77. The van der Waals surface area contributed by atoms with Crippen LogP contribution in [0.1, 0.15) is 31.4 Å². The van der Waals surface area contributed by atoms with Crippen LogP contribution in [0.2, 0.25) is 5.02 Å². The molecule has 4 rings (SSSR count). The third-order valence-electron chi connectivity index (χ3n) is 6.52. The van der Waals surface area contributed by atoms with E-state index >= 15 is 0 Å². The maximum Gasteiger partial charge on any atom is 0.240 e. The lowest BCUT2D eigenvalue weighted by molar-refractivity contribution is -0.115. The maximum atomic E-state index is 12.8. The molecule has 200 valence electrons. The summed E-state index contributed by atoms with van der Waals surface area (Å²) in [4.78, 5) is 15.1. The quantitative estimate of drug-likeness (QED) is 0.212. The molecular formula is C30H35ClN4O3. The first-order valence-electron chi connectivity index (χ1n) is 13.0. The molecule has 0 saturated carbocycles. The Kier molecular flexibility index (Phi) is 9.62. The van der Waals surface area contributed by atoms with Crippen molar-refractivity contribution in [1.82, 2.24) is 14.7 Å². The number of carbonyl (C=O) groups excluding carboxylic acids is 1. The Labute approximate surface area is 229 Å². The van der Waals surface area contributed by atoms with Gasteiger partial charge < -0.3 is 19.7 Å². The van der Waals surface area contributed by atoms with Gasteiger partial charge in [0, 0.05) is 17.3 Å². The number of nitrogens with one attached hydrogen (secondary N) is 1. The molecule has 4 aromatic rings. The van der Waals surface area contributed by atoms with E-state index in [1.807, 2.05) is 71.4 Å². The highest BCUT2D eigenvalue weighted by molar-refractivity contribution is 6.30. The van der Waals surface area contributed by atoms with Crippen molar-refractivity contribution in [2.75, 3.05) is 38.7 Å². The zero-order valence-corrected chi connectivity index (χ0v) is 23.0. The van der Waals surface area contributed by atoms with Crippen LogP contribution in [0, 0.1) is 0 Å². The summed E-state index contributed by atoms with van der Waals surface area (Å²) in [6.45, 7) is 8.51. The summed E-state index contributed by atoms with van der Waals surface area (Å²) in [5.41, 5.74) is 3.64. The number of hydrogen-bond acceptors (Lipinski definition) is 5. The van der Waals surface area contributed by atoms with Gasteiger partial charge in [-0.1, -0.05) is 49.7 Å². The van der Waals surface area contributed by atoms with Gasteiger partial charge in [0.2, 0.25) is 11.8 Å². The molecule has 7 nitrogen and oxygen atoms in total. The molecule has 1 aromatic heterocycles. The van der Waals surface area contributed by atoms with Gasteiger partial charge in [-0.3, -0.25) is 9.48 Å². The average molecular weight is 535 g/mol. The average Bonchev–Trinajstić information content (AvgIpc) is 3.26. The SMILES string of the molecule is CCN(CC)CCCOc1nn(Cc2ccc(Cl)cc2)c2ccc(NC(=O)Cc3ccc(OC)cc3)cc12. The highest BCUT2D eigenvalue weighted by Gasteiger charge is 2.15. The van der Waals surface area contributed by atoms with Crippen LogP contribution in [0.15, 0.2) is 66.7 Å². The van der Waals surface area contributed by atoms with Crippen LogP contribution in [0.4, 0.5) is 5.69 Å². The topological polar surface area (TPSA) is 68.6 Å². The Bertz CT molecular complexity index is 1330.